The fraction of sp³-hybridized carbons (Fsp3) is 0.846. The van der Waals surface area contributed by atoms with Gasteiger partial charge in [0, 0.05) is 26.2 Å². The Bertz CT molecular complexity index is 335. The number of carboxylic acid groups (broad SMARTS) is 1. The maximum Gasteiger partial charge on any atom is 0.326 e. The van der Waals surface area contributed by atoms with Crippen LogP contribution in [0.15, 0.2) is 0 Å². The van der Waals surface area contributed by atoms with E-state index in [4.69, 9.17) is 9.84 Å². The molecule has 0 saturated carbocycles. The molecule has 2 amide bonds. The first-order valence-corrected chi connectivity index (χ1v) is 6.88. The van der Waals surface area contributed by atoms with Crippen LogP contribution >= 0.6 is 0 Å². The number of aliphatic carboxylic acids is 1. The number of carboxylic acids is 1. The molecule has 0 bridgehead atoms. The highest BCUT2D eigenvalue weighted by molar-refractivity contribution is 5.83. The zero-order chi connectivity index (χ0) is 15.2. The van der Waals surface area contributed by atoms with Gasteiger partial charge in [-0.3, -0.25) is 4.90 Å². The van der Waals surface area contributed by atoms with E-state index < -0.39 is 23.5 Å². The van der Waals surface area contributed by atoms with Gasteiger partial charge in [0.05, 0.1) is 13.2 Å². The third kappa shape index (κ3) is 5.75. The van der Waals surface area contributed by atoms with E-state index >= 15 is 0 Å². The van der Waals surface area contributed by atoms with Gasteiger partial charge in [0.1, 0.15) is 6.04 Å². The first-order chi connectivity index (χ1) is 9.30. The number of nitrogens with one attached hydrogen (secondary N) is 2. The van der Waals surface area contributed by atoms with Crippen molar-refractivity contribution in [3.8, 4) is 0 Å². The second-order valence-corrected chi connectivity index (χ2v) is 5.99. The summed E-state index contributed by atoms with van der Waals surface area (Å²) in [7, 11) is 0. The number of amides is 2. The van der Waals surface area contributed by atoms with Crippen molar-refractivity contribution in [3.63, 3.8) is 0 Å². The number of carbonyl (C=O) groups excluding carboxylic acids is 1. The van der Waals surface area contributed by atoms with Crippen LogP contribution in [0.5, 0.6) is 0 Å². The minimum absolute atomic E-state index is 0.444. The fourth-order valence-electron chi connectivity index (χ4n) is 1.98. The van der Waals surface area contributed by atoms with Crippen LogP contribution in [0.1, 0.15) is 20.8 Å². The summed E-state index contributed by atoms with van der Waals surface area (Å²) in [4.78, 5) is 25.1. The molecule has 0 aromatic carbocycles. The Morgan fingerprint density at radius 1 is 1.30 bits per heavy atom. The standard InChI is InChI=1S/C13H25N3O4/c1-13(2,3)10(11(17)18)15-12(19)14-4-5-16-6-8-20-9-7-16/h10H,4-9H2,1-3H3,(H,17,18)(H2,14,15,19)/t10-/m0/s1. The van der Waals surface area contributed by atoms with Crippen LogP contribution in [0.4, 0.5) is 4.79 Å². The normalized spacial score (nSPS) is 18.4. The molecule has 0 radical (unpaired) electrons. The molecule has 7 nitrogen and oxygen atoms in total. The summed E-state index contributed by atoms with van der Waals surface area (Å²) < 4.78 is 5.24. The number of hydrogen-bond acceptors (Lipinski definition) is 4. The molecule has 0 unspecified atom stereocenters. The van der Waals surface area contributed by atoms with Crippen LogP contribution < -0.4 is 10.6 Å². The molecule has 3 N–H and O–H groups in total. The van der Waals surface area contributed by atoms with Gasteiger partial charge < -0.3 is 20.5 Å². The second kappa shape index (κ2) is 7.44. The van der Waals surface area contributed by atoms with Gasteiger partial charge in [0.15, 0.2) is 0 Å². The van der Waals surface area contributed by atoms with Crippen molar-refractivity contribution in [2.24, 2.45) is 5.41 Å². The highest BCUT2D eigenvalue weighted by Crippen LogP contribution is 2.19. The summed E-state index contributed by atoms with van der Waals surface area (Å²) in [5.74, 6) is -1.03. The number of nitrogens with zero attached hydrogens (tertiary/aromatic N) is 1. The van der Waals surface area contributed by atoms with Crippen molar-refractivity contribution in [2.45, 2.75) is 26.8 Å². The fourth-order valence-corrected chi connectivity index (χ4v) is 1.98. The van der Waals surface area contributed by atoms with Crippen LogP contribution in [0.2, 0.25) is 0 Å². The van der Waals surface area contributed by atoms with Gasteiger partial charge >= 0.3 is 12.0 Å². The topological polar surface area (TPSA) is 90.9 Å². The molecule has 0 aliphatic carbocycles. The van der Waals surface area contributed by atoms with E-state index in [0.29, 0.717) is 6.54 Å². The van der Waals surface area contributed by atoms with Crippen LogP contribution in [0, 0.1) is 5.41 Å². The summed E-state index contributed by atoms with van der Waals surface area (Å²) >= 11 is 0. The lowest BCUT2D eigenvalue weighted by atomic mass is 9.87. The van der Waals surface area contributed by atoms with Gasteiger partial charge in [-0.2, -0.15) is 0 Å². The van der Waals surface area contributed by atoms with Crippen molar-refractivity contribution in [3.05, 3.63) is 0 Å². The summed E-state index contributed by atoms with van der Waals surface area (Å²) in [5.41, 5.74) is -0.534. The van der Waals surface area contributed by atoms with E-state index in [0.717, 1.165) is 32.8 Å². The minimum atomic E-state index is -1.03. The first kappa shape index (κ1) is 16.7. The maximum atomic E-state index is 11.7. The summed E-state index contributed by atoms with van der Waals surface area (Å²) in [6.45, 7) is 9.73. The third-order valence-corrected chi connectivity index (χ3v) is 3.21. The number of morpholine rings is 1. The predicted molar refractivity (Wildman–Crippen MR) is 74.7 cm³/mol. The number of rotatable bonds is 5. The number of urea groups is 1. The number of hydrogen-bond donors (Lipinski definition) is 3. The van der Waals surface area contributed by atoms with E-state index in [1.807, 2.05) is 0 Å². The maximum absolute atomic E-state index is 11.7. The van der Waals surface area contributed by atoms with Gasteiger partial charge in [-0.1, -0.05) is 20.8 Å². The van der Waals surface area contributed by atoms with Gasteiger partial charge in [-0.15, -0.1) is 0 Å². The number of ether oxygens (including phenoxy) is 1. The van der Waals surface area contributed by atoms with E-state index in [2.05, 4.69) is 15.5 Å². The molecule has 0 aromatic rings. The van der Waals surface area contributed by atoms with E-state index in [1.54, 1.807) is 20.8 Å². The lowest BCUT2D eigenvalue weighted by Crippen LogP contribution is -2.53. The largest absolute Gasteiger partial charge is 0.480 e. The van der Waals surface area contributed by atoms with Crippen molar-refractivity contribution >= 4 is 12.0 Å². The first-order valence-electron chi connectivity index (χ1n) is 6.88. The van der Waals surface area contributed by atoms with Crippen molar-refractivity contribution < 1.29 is 19.4 Å². The van der Waals surface area contributed by atoms with Gasteiger partial charge in [-0.05, 0) is 5.41 Å². The highest BCUT2D eigenvalue weighted by Gasteiger charge is 2.32. The third-order valence-electron chi connectivity index (χ3n) is 3.21. The van der Waals surface area contributed by atoms with E-state index in [-0.39, 0.29) is 0 Å². The lowest BCUT2D eigenvalue weighted by molar-refractivity contribution is -0.141. The quantitative estimate of drug-likeness (QED) is 0.668. The Morgan fingerprint density at radius 2 is 1.90 bits per heavy atom. The zero-order valence-electron chi connectivity index (χ0n) is 12.4. The lowest BCUT2D eigenvalue weighted by Gasteiger charge is -2.28. The predicted octanol–water partition coefficient (Wildman–Crippen LogP) is 0.117. The molecule has 0 spiro atoms. The van der Waals surface area contributed by atoms with Crippen LogP contribution in [0.3, 0.4) is 0 Å². The van der Waals surface area contributed by atoms with Crippen molar-refractivity contribution in [2.75, 3.05) is 39.4 Å². The Kier molecular flexibility index (Phi) is 6.22. The molecule has 1 rings (SSSR count). The number of carbonyl (C=O) groups is 2. The molecule has 1 fully saturated rings. The average molecular weight is 287 g/mol. The average Bonchev–Trinajstić information content (AvgIpc) is 2.35. The summed E-state index contributed by atoms with van der Waals surface area (Å²) in [6, 6.07) is -1.36. The van der Waals surface area contributed by atoms with Gasteiger partial charge in [-0.25, -0.2) is 9.59 Å². The Morgan fingerprint density at radius 3 is 2.40 bits per heavy atom. The monoisotopic (exact) mass is 287 g/mol. The molecule has 1 aliphatic heterocycles. The summed E-state index contributed by atoms with van der Waals surface area (Å²) in [5, 5.41) is 14.3. The molecule has 116 valence electrons. The molecule has 1 heterocycles. The Hall–Kier alpha value is -1.34. The zero-order valence-corrected chi connectivity index (χ0v) is 12.4. The molecule has 1 saturated heterocycles. The molecule has 0 aromatic heterocycles. The molecule has 1 atom stereocenters. The second-order valence-electron chi connectivity index (χ2n) is 5.99. The Balaban J connectivity index is 2.29. The molecule has 7 heteroatoms. The van der Waals surface area contributed by atoms with Crippen LogP contribution in [-0.4, -0.2) is 67.4 Å². The van der Waals surface area contributed by atoms with E-state index in [9.17, 15) is 9.59 Å². The van der Waals surface area contributed by atoms with Gasteiger partial charge in [0.25, 0.3) is 0 Å². The molecular formula is C13H25N3O4. The summed E-state index contributed by atoms with van der Waals surface area (Å²) in [6.07, 6.45) is 0. The molecular weight excluding hydrogens is 262 g/mol. The van der Waals surface area contributed by atoms with E-state index in [1.165, 1.54) is 0 Å². The highest BCUT2D eigenvalue weighted by atomic mass is 16.5. The Labute approximate surface area is 119 Å². The van der Waals surface area contributed by atoms with Gasteiger partial charge in [0.2, 0.25) is 0 Å². The molecule has 1 aliphatic rings. The molecule has 20 heavy (non-hydrogen) atoms. The van der Waals surface area contributed by atoms with Crippen LogP contribution in [-0.2, 0) is 9.53 Å². The minimum Gasteiger partial charge on any atom is -0.480 e. The van der Waals surface area contributed by atoms with Crippen LogP contribution in [0.25, 0.3) is 0 Å². The van der Waals surface area contributed by atoms with Crippen molar-refractivity contribution in [1.82, 2.24) is 15.5 Å². The SMILES string of the molecule is CC(C)(C)[C@@H](NC(=O)NCCN1CCOCC1)C(=O)O. The van der Waals surface area contributed by atoms with Crippen molar-refractivity contribution in [1.29, 1.82) is 0 Å². The smallest absolute Gasteiger partial charge is 0.326 e.